The number of ether oxygens (including phenoxy) is 1. The zero-order valence-corrected chi connectivity index (χ0v) is 15.1. The minimum absolute atomic E-state index is 0.177. The minimum atomic E-state index is -0.923. The van der Waals surface area contributed by atoms with Gasteiger partial charge in [0.1, 0.15) is 5.75 Å². The summed E-state index contributed by atoms with van der Waals surface area (Å²) in [6.45, 7) is 4.15. The molecule has 1 aromatic carbocycles. The number of benzene rings is 1. The van der Waals surface area contributed by atoms with E-state index in [1.807, 2.05) is 12.1 Å². The average Bonchev–Trinajstić information content (AvgIpc) is 3.02. The largest absolute Gasteiger partial charge is 0.497 e. The van der Waals surface area contributed by atoms with Crippen LogP contribution in [0, 0.1) is 12.3 Å². The van der Waals surface area contributed by atoms with E-state index in [0.29, 0.717) is 25.1 Å². The number of carbonyl (C=O) groups is 2. The number of carboxylic acid groups (broad SMARTS) is 1. The highest BCUT2D eigenvalue weighted by molar-refractivity contribution is 5.94. The van der Waals surface area contributed by atoms with E-state index in [-0.39, 0.29) is 18.1 Å². The summed E-state index contributed by atoms with van der Waals surface area (Å²) in [5.74, 6) is -0.438. The third kappa shape index (κ3) is 3.14. The zero-order chi connectivity index (χ0) is 18.9. The first-order valence-electron chi connectivity index (χ1n) is 8.45. The fraction of sp³-hybridized carbons (Fsp3) is 0.444. The zero-order valence-electron chi connectivity index (χ0n) is 15.1. The van der Waals surface area contributed by atoms with Gasteiger partial charge in [0.2, 0.25) is 0 Å². The van der Waals surface area contributed by atoms with Crippen LogP contribution in [0.3, 0.4) is 0 Å². The van der Waals surface area contributed by atoms with Crippen LogP contribution in [0.15, 0.2) is 24.3 Å². The molecule has 1 aromatic heterocycles. The standard InChI is InChI=1S/C18H22N4O4/c1-12-15(16(23)21-10-4-9-18(2,11-21)17(24)25)19-20-22(12)13-5-7-14(26-3)8-6-13/h5-8H,4,9-11H2,1-3H3,(H,24,25). The van der Waals surface area contributed by atoms with Crippen LogP contribution >= 0.6 is 0 Å². The van der Waals surface area contributed by atoms with Gasteiger partial charge in [-0.3, -0.25) is 9.59 Å². The smallest absolute Gasteiger partial charge is 0.311 e. The van der Waals surface area contributed by atoms with Gasteiger partial charge in [0.25, 0.3) is 5.91 Å². The second-order valence-corrected chi connectivity index (χ2v) is 6.83. The molecule has 1 saturated heterocycles. The molecule has 8 nitrogen and oxygen atoms in total. The van der Waals surface area contributed by atoms with E-state index in [2.05, 4.69) is 10.3 Å². The Morgan fingerprint density at radius 1 is 1.27 bits per heavy atom. The number of likely N-dealkylation sites (tertiary alicyclic amines) is 1. The predicted molar refractivity (Wildman–Crippen MR) is 93.5 cm³/mol. The molecule has 0 spiro atoms. The highest BCUT2D eigenvalue weighted by Gasteiger charge is 2.40. The second-order valence-electron chi connectivity index (χ2n) is 6.83. The van der Waals surface area contributed by atoms with Gasteiger partial charge >= 0.3 is 5.97 Å². The van der Waals surface area contributed by atoms with Crippen molar-refractivity contribution in [2.24, 2.45) is 5.41 Å². The number of methoxy groups -OCH3 is 1. The molecule has 1 amide bonds. The molecular formula is C18H22N4O4. The number of piperidine rings is 1. The number of aliphatic carboxylic acids is 1. The topological polar surface area (TPSA) is 97.5 Å². The van der Waals surface area contributed by atoms with Crippen LogP contribution in [-0.2, 0) is 4.79 Å². The lowest BCUT2D eigenvalue weighted by atomic mass is 9.82. The molecule has 2 heterocycles. The van der Waals surface area contributed by atoms with Gasteiger partial charge in [-0.05, 0) is 51.0 Å². The third-order valence-electron chi connectivity index (χ3n) is 4.91. The van der Waals surface area contributed by atoms with Crippen LogP contribution in [0.4, 0.5) is 0 Å². The molecule has 1 unspecified atom stereocenters. The van der Waals surface area contributed by atoms with E-state index < -0.39 is 11.4 Å². The second kappa shape index (κ2) is 6.78. The molecular weight excluding hydrogens is 336 g/mol. The molecule has 0 radical (unpaired) electrons. The van der Waals surface area contributed by atoms with Crippen LogP contribution in [0.2, 0.25) is 0 Å². The Bertz CT molecular complexity index is 830. The molecule has 0 saturated carbocycles. The average molecular weight is 358 g/mol. The van der Waals surface area contributed by atoms with Gasteiger partial charge in [-0.1, -0.05) is 5.21 Å². The molecule has 1 fully saturated rings. The lowest BCUT2D eigenvalue weighted by molar-refractivity contribution is -0.150. The first kappa shape index (κ1) is 17.9. The van der Waals surface area contributed by atoms with E-state index in [4.69, 9.17) is 4.74 Å². The number of amides is 1. The van der Waals surface area contributed by atoms with E-state index >= 15 is 0 Å². The minimum Gasteiger partial charge on any atom is -0.497 e. The van der Waals surface area contributed by atoms with Crippen molar-refractivity contribution < 1.29 is 19.4 Å². The Balaban J connectivity index is 1.84. The molecule has 3 rings (SSSR count). The molecule has 1 aliphatic rings. The van der Waals surface area contributed by atoms with Crippen LogP contribution in [0.1, 0.15) is 35.9 Å². The van der Waals surface area contributed by atoms with Gasteiger partial charge in [0.15, 0.2) is 5.69 Å². The van der Waals surface area contributed by atoms with Crippen LogP contribution in [0.25, 0.3) is 5.69 Å². The van der Waals surface area contributed by atoms with Crippen LogP contribution in [0.5, 0.6) is 5.75 Å². The monoisotopic (exact) mass is 358 g/mol. The summed E-state index contributed by atoms with van der Waals surface area (Å²) in [7, 11) is 1.59. The molecule has 138 valence electrons. The molecule has 1 aliphatic heterocycles. The van der Waals surface area contributed by atoms with Crippen molar-refractivity contribution in [1.82, 2.24) is 19.9 Å². The maximum absolute atomic E-state index is 12.9. The summed E-state index contributed by atoms with van der Waals surface area (Å²) < 4.78 is 6.73. The normalized spacial score (nSPS) is 20.0. The highest BCUT2D eigenvalue weighted by Crippen LogP contribution is 2.30. The van der Waals surface area contributed by atoms with Gasteiger partial charge in [0.05, 0.1) is 23.9 Å². The van der Waals surface area contributed by atoms with Gasteiger partial charge in [0, 0.05) is 13.1 Å². The number of aromatic nitrogens is 3. The summed E-state index contributed by atoms with van der Waals surface area (Å²) in [5.41, 5.74) is 0.704. The molecule has 0 aliphatic carbocycles. The summed E-state index contributed by atoms with van der Waals surface area (Å²) in [6, 6.07) is 7.27. The molecule has 8 heteroatoms. The highest BCUT2D eigenvalue weighted by atomic mass is 16.5. The predicted octanol–water partition coefficient (Wildman–Crippen LogP) is 1.91. The Labute approximate surface area is 151 Å². The fourth-order valence-corrected chi connectivity index (χ4v) is 3.23. The molecule has 1 atom stereocenters. The Kier molecular flexibility index (Phi) is 4.67. The van der Waals surface area contributed by atoms with Crippen molar-refractivity contribution in [3.63, 3.8) is 0 Å². The van der Waals surface area contributed by atoms with E-state index in [0.717, 1.165) is 11.4 Å². The SMILES string of the molecule is COc1ccc(-n2nnc(C(=O)N3CCCC(C)(C(=O)O)C3)c2C)cc1. The number of nitrogens with zero attached hydrogens (tertiary/aromatic N) is 4. The molecule has 26 heavy (non-hydrogen) atoms. The number of rotatable bonds is 4. The Morgan fingerprint density at radius 3 is 2.58 bits per heavy atom. The van der Waals surface area contributed by atoms with Gasteiger partial charge in [-0.15, -0.1) is 5.10 Å². The quantitative estimate of drug-likeness (QED) is 0.897. The Morgan fingerprint density at radius 2 is 1.96 bits per heavy atom. The van der Waals surface area contributed by atoms with Gasteiger partial charge in [-0.2, -0.15) is 0 Å². The van der Waals surface area contributed by atoms with Crippen LogP contribution < -0.4 is 4.74 Å². The van der Waals surface area contributed by atoms with Crippen LogP contribution in [-0.4, -0.2) is 57.1 Å². The molecule has 0 bridgehead atoms. The Hall–Kier alpha value is -2.90. The first-order valence-corrected chi connectivity index (χ1v) is 8.45. The van der Waals surface area contributed by atoms with Crippen molar-refractivity contribution >= 4 is 11.9 Å². The van der Waals surface area contributed by atoms with Crippen molar-refractivity contribution in [2.75, 3.05) is 20.2 Å². The fourth-order valence-electron chi connectivity index (χ4n) is 3.23. The summed E-state index contributed by atoms with van der Waals surface area (Å²) in [4.78, 5) is 25.9. The number of carboxylic acids is 1. The van der Waals surface area contributed by atoms with E-state index in [1.54, 1.807) is 42.7 Å². The van der Waals surface area contributed by atoms with Crippen molar-refractivity contribution in [3.8, 4) is 11.4 Å². The number of hydrogen-bond acceptors (Lipinski definition) is 5. The summed E-state index contributed by atoms with van der Waals surface area (Å²) in [6.07, 6.45) is 1.21. The lowest BCUT2D eigenvalue weighted by Crippen LogP contribution is -2.48. The van der Waals surface area contributed by atoms with Crippen molar-refractivity contribution in [2.45, 2.75) is 26.7 Å². The van der Waals surface area contributed by atoms with E-state index in [9.17, 15) is 14.7 Å². The summed E-state index contributed by atoms with van der Waals surface area (Å²) >= 11 is 0. The van der Waals surface area contributed by atoms with E-state index in [1.165, 1.54) is 0 Å². The van der Waals surface area contributed by atoms with Crippen molar-refractivity contribution in [3.05, 3.63) is 35.7 Å². The summed E-state index contributed by atoms with van der Waals surface area (Å²) in [5, 5.41) is 17.6. The number of carbonyl (C=O) groups excluding carboxylic acids is 1. The first-order chi connectivity index (χ1) is 12.4. The number of hydrogen-bond donors (Lipinski definition) is 1. The molecule has 1 N–H and O–H groups in total. The van der Waals surface area contributed by atoms with Gasteiger partial charge in [-0.25, -0.2) is 4.68 Å². The lowest BCUT2D eigenvalue weighted by Gasteiger charge is -2.37. The third-order valence-corrected chi connectivity index (χ3v) is 4.91. The maximum atomic E-state index is 12.9. The molecule has 2 aromatic rings. The van der Waals surface area contributed by atoms with Gasteiger partial charge < -0.3 is 14.7 Å². The maximum Gasteiger partial charge on any atom is 0.311 e. The van der Waals surface area contributed by atoms with Crippen molar-refractivity contribution in [1.29, 1.82) is 0 Å².